The van der Waals surface area contributed by atoms with Gasteiger partial charge in [0.25, 0.3) is 0 Å². The highest BCUT2D eigenvalue weighted by molar-refractivity contribution is 6.32. The number of nitrogens with one attached hydrogen (secondary N) is 1. The monoisotopic (exact) mass is 265 g/mol. The molecule has 0 unspecified atom stereocenters. The van der Waals surface area contributed by atoms with Crippen LogP contribution in [0.15, 0.2) is 24.3 Å². The average molecular weight is 266 g/mol. The number of hydrogen-bond acceptors (Lipinski definition) is 2. The quantitative estimate of drug-likeness (QED) is 0.895. The number of aryl methyl sites for hydroxylation is 1. The van der Waals surface area contributed by atoms with Crippen molar-refractivity contribution in [3.8, 4) is 17.0 Å². The molecule has 0 aliphatic heterocycles. The van der Waals surface area contributed by atoms with Crippen LogP contribution in [0, 0.1) is 6.92 Å². The number of carboxylic acid groups (broad SMARTS) is 1. The van der Waals surface area contributed by atoms with E-state index in [9.17, 15) is 4.79 Å². The largest absolute Gasteiger partial charge is 0.495 e. The summed E-state index contributed by atoms with van der Waals surface area (Å²) in [6.07, 6.45) is 0. The summed E-state index contributed by atoms with van der Waals surface area (Å²) in [5.41, 5.74) is 2.41. The number of ether oxygens (including phenoxy) is 1. The van der Waals surface area contributed by atoms with E-state index in [1.54, 1.807) is 32.2 Å². The maximum atomic E-state index is 11.0. The minimum atomic E-state index is -0.949. The van der Waals surface area contributed by atoms with E-state index in [1.165, 1.54) is 0 Å². The summed E-state index contributed by atoms with van der Waals surface area (Å²) in [6.45, 7) is 1.72. The van der Waals surface area contributed by atoms with Crippen LogP contribution in [0.1, 0.15) is 16.1 Å². The average Bonchev–Trinajstić information content (AvgIpc) is 2.71. The zero-order valence-electron chi connectivity index (χ0n) is 9.95. The Morgan fingerprint density at radius 3 is 2.61 bits per heavy atom. The highest BCUT2D eigenvalue weighted by atomic mass is 35.5. The van der Waals surface area contributed by atoms with Crippen LogP contribution >= 0.6 is 11.6 Å². The van der Waals surface area contributed by atoms with Crippen LogP contribution in [0.3, 0.4) is 0 Å². The van der Waals surface area contributed by atoms with Crippen molar-refractivity contribution in [2.75, 3.05) is 7.11 Å². The summed E-state index contributed by atoms with van der Waals surface area (Å²) in [6, 6.07) is 6.89. The lowest BCUT2D eigenvalue weighted by atomic mass is 10.1. The molecule has 0 aliphatic rings. The van der Waals surface area contributed by atoms with Crippen LogP contribution in [0.2, 0.25) is 5.02 Å². The Morgan fingerprint density at radius 1 is 1.39 bits per heavy atom. The third kappa shape index (κ3) is 2.19. The molecule has 0 atom stereocenters. The van der Waals surface area contributed by atoms with Gasteiger partial charge in [-0.25, -0.2) is 4.79 Å². The van der Waals surface area contributed by atoms with E-state index < -0.39 is 5.97 Å². The van der Waals surface area contributed by atoms with E-state index in [0.29, 0.717) is 16.5 Å². The Kier molecular flexibility index (Phi) is 3.30. The highest BCUT2D eigenvalue weighted by Crippen LogP contribution is 2.30. The van der Waals surface area contributed by atoms with Crippen molar-refractivity contribution in [1.29, 1.82) is 0 Å². The van der Waals surface area contributed by atoms with Crippen molar-refractivity contribution in [3.63, 3.8) is 0 Å². The van der Waals surface area contributed by atoms with E-state index in [-0.39, 0.29) is 5.56 Å². The summed E-state index contributed by atoms with van der Waals surface area (Å²) in [5, 5.41) is 9.48. The molecule has 18 heavy (non-hydrogen) atoms. The lowest BCUT2D eigenvalue weighted by molar-refractivity contribution is 0.0696. The molecule has 2 N–H and O–H groups in total. The van der Waals surface area contributed by atoms with Gasteiger partial charge in [-0.05, 0) is 36.8 Å². The van der Waals surface area contributed by atoms with Gasteiger partial charge in [-0.1, -0.05) is 11.6 Å². The first-order valence-corrected chi connectivity index (χ1v) is 5.67. The van der Waals surface area contributed by atoms with Crippen LogP contribution in [0.4, 0.5) is 0 Å². The van der Waals surface area contributed by atoms with Crippen molar-refractivity contribution < 1.29 is 14.6 Å². The highest BCUT2D eigenvalue weighted by Gasteiger charge is 2.13. The molecule has 0 saturated carbocycles. The SMILES string of the molecule is COc1ccc(-c2cc(C(=O)O)c(C)[nH]2)cc1Cl. The van der Waals surface area contributed by atoms with Crippen LogP contribution < -0.4 is 4.74 Å². The number of methoxy groups -OCH3 is 1. The Hall–Kier alpha value is -1.94. The van der Waals surface area contributed by atoms with Gasteiger partial charge >= 0.3 is 5.97 Å². The third-order valence-corrected chi connectivity index (χ3v) is 3.00. The molecule has 94 valence electrons. The van der Waals surface area contributed by atoms with Crippen LogP contribution in [-0.4, -0.2) is 23.2 Å². The molecule has 1 aromatic heterocycles. The number of rotatable bonds is 3. The number of H-pyrrole nitrogens is 1. The molecule has 2 aromatic rings. The van der Waals surface area contributed by atoms with E-state index in [1.807, 2.05) is 6.07 Å². The molecule has 0 aliphatic carbocycles. The van der Waals surface area contributed by atoms with Gasteiger partial charge in [0, 0.05) is 11.4 Å². The molecule has 1 aromatic carbocycles. The van der Waals surface area contributed by atoms with Crippen molar-refractivity contribution in [1.82, 2.24) is 4.98 Å². The van der Waals surface area contributed by atoms with E-state index >= 15 is 0 Å². The predicted octanol–water partition coefficient (Wildman–Crippen LogP) is 3.35. The fraction of sp³-hybridized carbons (Fsp3) is 0.154. The Balaban J connectivity index is 2.46. The molecule has 4 nitrogen and oxygen atoms in total. The minimum absolute atomic E-state index is 0.261. The number of aromatic carboxylic acids is 1. The van der Waals surface area contributed by atoms with Gasteiger partial charge in [-0.15, -0.1) is 0 Å². The van der Waals surface area contributed by atoms with Gasteiger partial charge in [0.05, 0.1) is 17.7 Å². The topological polar surface area (TPSA) is 62.3 Å². The molecule has 1 heterocycles. The molecule has 0 fully saturated rings. The van der Waals surface area contributed by atoms with Crippen LogP contribution in [0.5, 0.6) is 5.75 Å². The first-order chi connectivity index (χ1) is 8.52. The molecule has 0 saturated heterocycles. The van der Waals surface area contributed by atoms with Gasteiger partial charge in [0.15, 0.2) is 0 Å². The Bertz CT molecular complexity index is 604. The summed E-state index contributed by atoms with van der Waals surface area (Å²) in [7, 11) is 1.54. The zero-order chi connectivity index (χ0) is 13.3. The first kappa shape index (κ1) is 12.5. The van der Waals surface area contributed by atoms with Gasteiger partial charge in [-0.3, -0.25) is 0 Å². The lowest BCUT2D eigenvalue weighted by Crippen LogP contribution is -1.95. The molecule has 0 amide bonds. The van der Waals surface area contributed by atoms with Gasteiger partial charge < -0.3 is 14.8 Å². The maximum Gasteiger partial charge on any atom is 0.337 e. The van der Waals surface area contributed by atoms with Gasteiger partial charge in [0.1, 0.15) is 5.75 Å². The molecule has 0 bridgehead atoms. The molecule has 0 radical (unpaired) electrons. The molecule has 0 spiro atoms. The lowest BCUT2D eigenvalue weighted by Gasteiger charge is -2.04. The van der Waals surface area contributed by atoms with Crippen LogP contribution in [-0.2, 0) is 0 Å². The molecular weight excluding hydrogens is 254 g/mol. The molecular formula is C13H12ClNO3. The van der Waals surface area contributed by atoms with Crippen LogP contribution in [0.25, 0.3) is 11.3 Å². The number of halogens is 1. The Morgan fingerprint density at radius 2 is 2.11 bits per heavy atom. The van der Waals surface area contributed by atoms with Gasteiger partial charge in [-0.2, -0.15) is 0 Å². The second-order valence-corrected chi connectivity index (χ2v) is 4.28. The number of carboxylic acids is 1. The summed E-state index contributed by atoms with van der Waals surface area (Å²) in [5.74, 6) is -0.364. The number of carbonyl (C=O) groups is 1. The standard InChI is InChI=1S/C13H12ClNO3/c1-7-9(13(16)17)6-11(15-7)8-3-4-12(18-2)10(14)5-8/h3-6,15H,1-2H3,(H,16,17). The fourth-order valence-electron chi connectivity index (χ4n) is 1.77. The van der Waals surface area contributed by atoms with E-state index in [4.69, 9.17) is 21.4 Å². The van der Waals surface area contributed by atoms with Gasteiger partial charge in [0.2, 0.25) is 0 Å². The minimum Gasteiger partial charge on any atom is -0.495 e. The number of aromatic nitrogens is 1. The van der Waals surface area contributed by atoms with E-state index in [2.05, 4.69) is 4.98 Å². The fourth-order valence-corrected chi connectivity index (χ4v) is 2.03. The molecule has 5 heteroatoms. The second kappa shape index (κ2) is 4.74. The second-order valence-electron chi connectivity index (χ2n) is 3.88. The zero-order valence-corrected chi connectivity index (χ0v) is 10.7. The number of aromatic amines is 1. The van der Waals surface area contributed by atoms with Crippen molar-refractivity contribution in [2.24, 2.45) is 0 Å². The summed E-state index contributed by atoms with van der Waals surface area (Å²) >= 11 is 6.03. The number of hydrogen-bond donors (Lipinski definition) is 2. The Labute approximate surface area is 109 Å². The first-order valence-electron chi connectivity index (χ1n) is 5.29. The predicted molar refractivity (Wildman–Crippen MR) is 69.5 cm³/mol. The van der Waals surface area contributed by atoms with Crippen molar-refractivity contribution in [2.45, 2.75) is 6.92 Å². The van der Waals surface area contributed by atoms with E-state index in [0.717, 1.165) is 11.3 Å². The smallest absolute Gasteiger partial charge is 0.337 e. The van der Waals surface area contributed by atoms with Crippen molar-refractivity contribution in [3.05, 3.63) is 40.5 Å². The normalized spacial score (nSPS) is 10.4. The third-order valence-electron chi connectivity index (χ3n) is 2.71. The molecule has 2 rings (SSSR count). The number of benzene rings is 1. The maximum absolute atomic E-state index is 11.0. The summed E-state index contributed by atoms with van der Waals surface area (Å²) < 4.78 is 5.07. The summed E-state index contributed by atoms with van der Waals surface area (Å²) in [4.78, 5) is 14.0. The van der Waals surface area contributed by atoms with Crippen molar-refractivity contribution >= 4 is 17.6 Å².